The first-order chi connectivity index (χ1) is 9.79. The summed E-state index contributed by atoms with van der Waals surface area (Å²) in [5.41, 5.74) is 5.66. The van der Waals surface area contributed by atoms with Crippen LogP contribution in [0.2, 0.25) is 0 Å². The van der Waals surface area contributed by atoms with Crippen LogP contribution < -0.4 is 10.9 Å². The Balaban J connectivity index is 2.09. The van der Waals surface area contributed by atoms with Crippen molar-refractivity contribution in [2.75, 3.05) is 0 Å². The van der Waals surface area contributed by atoms with Crippen LogP contribution in [-0.4, -0.2) is 21.6 Å². The normalized spacial score (nSPS) is 11.2. The summed E-state index contributed by atoms with van der Waals surface area (Å²) in [6, 6.07) is 5.16. The molecule has 2 rings (SSSR count). The lowest BCUT2D eigenvalue weighted by Crippen LogP contribution is -2.43. The van der Waals surface area contributed by atoms with Crippen molar-refractivity contribution >= 4 is 23.2 Å². The van der Waals surface area contributed by atoms with E-state index in [1.807, 2.05) is 27.7 Å². The molecule has 0 fully saturated rings. The largest absolute Gasteiger partial charge is 0.287 e. The lowest BCUT2D eigenvalue weighted by atomic mass is 10.1. The van der Waals surface area contributed by atoms with Gasteiger partial charge in [0, 0.05) is 0 Å². The summed E-state index contributed by atoms with van der Waals surface area (Å²) in [6.45, 7) is 7.70. The van der Waals surface area contributed by atoms with E-state index in [4.69, 9.17) is 0 Å². The number of hydrazine groups is 1. The molecule has 2 aromatic heterocycles. The Hall–Kier alpha value is -2.15. The highest BCUT2D eigenvalue weighted by Gasteiger charge is 2.23. The van der Waals surface area contributed by atoms with Crippen LogP contribution >= 0.6 is 11.3 Å². The fraction of sp³-hybridized carbons (Fsp3) is 0.357. The van der Waals surface area contributed by atoms with Gasteiger partial charge in [0.25, 0.3) is 11.8 Å². The summed E-state index contributed by atoms with van der Waals surface area (Å²) >= 11 is 1.31. The average molecular weight is 306 g/mol. The molecular weight excluding hydrogens is 288 g/mol. The summed E-state index contributed by atoms with van der Waals surface area (Å²) in [5.74, 6) is -0.729. The maximum absolute atomic E-state index is 12.2. The monoisotopic (exact) mass is 306 g/mol. The van der Waals surface area contributed by atoms with Crippen molar-refractivity contribution in [3.63, 3.8) is 0 Å². The zero-order valence-electron chi connectivity index (χ0n) is 12.4. The smallest absolute Gasteiger partial charge is 0.266 e. The Morgan fingerprint density at radius 3 is 2.48 bits per heavy atom. The van der Waals surface area contributed by atoms with Gasteiger partial charge in [0.15, 0.2) is 0 Å². The van der Waals surface area contributed by atoms with Crippen LogP contribution in [0.25, 0.3) is 0 Å². The third-order valence-electron chi connectivity index (χ3n) is 2.73. The molecular formula is C14H18N4O2S. The molecule has 2 aromatic rings. The third kappa shape index (κ3) is 3.49. The van der Waals surface area contributed by atoms with Gasteiger partial charge in [-0.3, -0.25) is 25.1 Å². The van der Waals surface area contributed by atoms with E-state index in [2.05, 4.69) is 16.0 Å². The molecule has 0 spiro atoms. The maximum atomic E-state index is 12.2. The molecule has 0 saturated carbocycles. The van der Waals surface area contributed by atoms with E-state index in [1.165, 1.54) is 11.3 Å². The number of rotatable bonds is 2. The number of hydrogen-bond donors (Lipinski definition) is 2. The zero-order chi connectivity index (χ0) is 15.6. The summed E-state index contributed by atoms with van der Waals surface area (Å²) in [6.07, 6.45) is 0. The lowest BCUT2D eigenvalue weighted by molar-refractivity contribution is 0.0838. The van der Waals surface area contributed by atoms with Crippen molar-refractivity contribution in [3.05, 3.63) is 39.8 Å². The van der Waals surface area contributed by atoms with Crippen LogP contribution in [0.1, 0.15) is 46.6 Å². The molecule has 0 bridgehead atoms. The lowest BCUT2D eigenvalue weighted by Gasteiger charge is -2.22. The summed E-state index contributed by atoms with van der Waals surface area (Å²) in [4.78, 5) is 24.5. The molecule has 2 amide bonds. The van der Waals surface area contributed by atoms with Gasteiger partial charge in [-0.2, -0.15) is 5.10 Å². The molecule has 2 heterocycles. The van der Waals surface area contributed by atoms with Crippen LogP contribution in [0.5, 0.6) is 0 Å². The Kier molecular flexibility index (Phi) is 4.13. The van der Waals surface area contributed by atoms with Crippen LogP contribution in [-0.2, 0) is 5.54 Å². The standard InChI is InChI=1S/C14H18N4O2S/c1-9-8-10(18(17-9)14(2,3)4)12(19)15-16-13(20)11-6-5-7-21-11/h5-8H,1-4H3,(H,15,19)(H,16,20). The fourth-order valence-electron chi connectivity index (χ4n) is 1.82. The van der Waals surface area contributed by atoms with Gasteiger partial charge in [-0.05, 0) is 45.2 Å². The molecule has 0 saturated heterocycles. The van der Waals surface area contributed by atoms with Gasteiger partial charge in [0.05, 0.1) is 16.1 Å². The first-order valence-electron chi connectivity index (χ1n) is 6.50. The topological polar surface area (TPSA) is 76.0 Å². The Morgan fingerprint density at radius 1 is 1.24 bits per heavy atom. The molecule has 2 N–H and O–H groups in total. The molecule has 0 aliphatic rings. The minimum Gasteiger partial charge on any atom is -0.266 e. The molecule has 0 aliphatic carbocycles. The molecule has 0 aromatic carbocycles. The van der Waals surface area contributed by atoms with Crippen molar-refractivity contribution in [3.8, 4) is 0 Å². The van der Waals surface area contributed by atoms with E-state index in [0.29, 0.717) is 10.6 Å². The van der Waals surface area contributed by atoms with E-state index in [1.54, 1.807) is 28.3 Å². The van der Waals surface area contributed by atoms with Gasteiger partial charge in [-0.25, -0.2) is 0 Å². The van der Waals surface area contributed by atoms with E-state index >= 15 is 0 Å². The fourth-order valence-corrected chi connectivity index (χ4v) is 2.44. The Bertz CT molecular complexity index is 653. The second-order valence-electron chi connectivity index (χ2n) is 5.64. The molecule has 6 nitrogen and oxygen atoms in total. The molecule has 0 atom stereocenters. The highest BCUT2D eigenvalue weighted by molar-refractivity contribution is 7.12. The average Bonchev–Trinajstić information content (AvgIpc) is 3.03. The predicted molar refractivity (Wildman–Crippen MR) is 81.2 cm³/mol. The summed E-state index contributed by atoms with van der Waals surface area (Å²) in [7, 11) is 0. The molecule has 0 aliphatic heterocycles. The quantitative estimate of drug-likeness (QED) is 0.834. The second-order valence-corrected chi connectivity index (χ2v) is 6.59. The number of aromatic nitrogens is 2. The van der Waals surface area contributed by atoms with E-state index in [-0.39, 0.29) is 11.4 Å². The molecule has 0 radical (unpaired) electrons. The van der Waals surface area contributed by atoms with Crippen LogP contribution in [0.4, 0.5) is 0 Å². The SMILES string of the molecule is Cc1cc(C(=O)NNC(=O)c2cccs2)n(C(C)(C)C)n1. The molecule has 0 unspecified atom stereocenters. The number of carbonyl (C=O) groups excluding carboxylic acids is 2. The van der Waals surface area contributed by atoms with E-state index in [0.717, 1.165) is 5.69 Å². The predicted octanol–water partition coefficient (Wildman–Crippen LogP) is 2.08. The first-order valence-corrected chi connectivity index (χ1v) is 7.38. The van der Waals surface area contributed by atoms with Crippen molar-refractivity contribution in [1.29, 1.82) is 0 Å². The number of carbonyl (C=O) groups is 2. The minimum atomic E-state index is -0.393. The van der Waals surface area contributed by atoms with Gasteiger partial charge in [0.2, 0.25) is 0 Å². The molecule has 7 heteroatoms. The van der Waals surface area contributed by atoms with Crippen LogP contribution in [0.3, 0.4) is 0 Å². The van der Waals surface area contributed by atoms with Crippen LogP contribution in [0, 0.1) is 6.92 Å². The number of thiophene rings is 1. The number of nitrogens with zero attached hydrogens (tertiary/aromatic N) is 2. The molecule has 21 heavy (non-hydrogen) atoms. The highest BCUT2D eigenvalue weighted by atomic mass is 32.1. The van der Waals surface area contributed by atoms with Gasteiger partial charge in [-0.15, -0.1) is 11.3 Å². The second kappa shape index (κ2) is 5.69. The number of aryl methyl sites for hydroxylation is 1. The third-order valence-corrected chi connectivity index (χ3v) is 3.60. The first kappa shape index (κ1) is 15.2. The molecule has 112 valence electrons. The summed E-state index contributed by atoms with van der Waals surface area (Å²) < 4.78 is 1.65. The van der Waals surface area contributed by atoms with Crippen molar-refractivity contribution in [2.24, 2.45) is 0 Å². The van der Waals surface area contributed by atoms with Crippen LogP contribution in [0.15, 0.2) is 23.6 Å². The number of nitrogens with one attached hydrogen (secondary N) is 2. The minimum absolute atomic E-state index is 0.321. The Morgan fingerprint density at radius 2 is 1.90 bits per heavy atom. The zero-order valence-corrected chi connectivity index (χ0v) is 13.2. The Labute approximate surface area is 127 Å². The maximum Gasteiger partial charge on any atom is 0.287 e. The van der Waals surface area contributed by atoms with Crippen molar-refractivity contribution < 1.29 is 9.59 Å². The summed E-state index contributed by atoms with van der Waals surface area (Å²) in [5, 5.41) is 6.13. The van der Waals surface area contributed by atoms with E-state index in [9.17, 15) is 9.59 Å². The van der Waals surface area contributed by atoms with Gasteiger partial charge >= 0.3 is 0 Å². The van der Waals surface area contributed by atoms with E-state index < -0.39 is 5.91 Å². The number of hydrogen-bond acceptors (Lipinski definition) is 4. The number of amides is 2. The van der Waals surface area contributed by atoms with Crippen molar-refractivity contribution in [1.82, 2.24) is 20.6 Å². The van der Waals surface area contributed by atoms with Gasteiger partial charge in [-0.1, -0.05) is 6.07 Å². The van der Waals surface area contributed by atoms with Gasteiger partial charge < -0.3 is 0 Å². The highest BCUT2D eigenvalue weighted by Crippen LogP contribution is 2.17. The van der Waals surface area contributed by atoms with Crippen molar-refractivity contribution in [2.45, 2.75) is 33.2 Å². The van der Waals surface area contributed by atoms with Gasteiger partial charge in [0.1, 0.15) is 5.69 Å².